The Morgan fingerprint density at radius 2 is 2.08 bits per heavy atom. The molecular formula is C19H23N5O2. The SMILES string of the molecule is CN=C(NCc1cccc(OC)n1)NC1CC(=O)N(c2ccccc2)C1. The van der Waals surface area contributed by atoms with Gasteiger partial charge in [0.05, 0.1) is 25.4 Å². The zero-order chi connectivity index (χ0) is 18.4. The Morgan fingerprint density at radius 1 is 1.27 bits per heavy atom. The molecule has 2 aromatic rings. The minimum atomic E-state index is 0.00664. The smallest absolute Gasteiger partial charge is 0.229 e. The van der Waals surface area contributed by atoms with Crippen LogP contribution in [0.1, 0.15) is 12.1 Å². The summed E-state index contributed by atoms with van der Waals surface area (Å²) in [4.78, 5) is 22.7. The van der Waals surface area contributed by atoms with E-state index in [9.17, 15) is 4.79 Å². The first-order valence-electron chi connectivity index (χ1n) is 8.52. The van der Waals surface area contributed by atoms with Crippen molar-refractivity contribution in [3.63, 3.8) is 0 Å². The van der Waals surface area contributed by atoms with Crippen LogP contribution >= 0.6 is 0 Å². The van der Waals surface area contributed by atoms with Crippen LogP contribution in [-0.2, 0) is 11.3 Å². The fraction of sp³-hybridized carbons (Fsp3) is 0.316. The fourth-order valence-electron chi connectivity index (χ4n) is 2.89. The van der Waals surface area contributed by atoms with Crippen molar-refractivity contribution in [2.45, 2.75) is 19.0 Å². The van der Waals surface area contributed by atoms with Crippen LogP contribution in [0.5, 0.6) is 5.88 Å². The fourth-order valence-corrected chi connectivity index (χ4v) is 2.89. The second kappa shape index (κ2) is 8.33. The summed E-state index contributed by atoms with van der Waals surface area (Å²) >= 11 is 0. The molecule has 0 bridgehead atoms. The van der Waals surface area contributed by atoms with Crippen LogP contribution < -0.4 is 20.3 Å². The zero-order valence-electron chi connectivity index (χ0n) is 15.0. The number of methoxy groups -OCH3 is 1. The first kappa shape index (κ1) is 17.7. The number of amides is 1. The molecule has 2 N–H and O–H groups in total. The number of nitrogens with zero attached hydrogens (tertiary/aromatic N) is 3. The molecule has 2 heterocycles. The van der Waals surface area contributed by atoms with Gasteiger partial charge < -0.3 is 20.3 Å². The lowest BCUT2D eigenvalue weighted by Crippen LogP contribution is -2.44. The van der Waals surface area contributed by atoms with E-state index in [2.05, 4.69) is 20.6 Å². The molecule has 0 saturated carbocycles. The van der Waals surface area contributed by atoms with Crippen molar-refractivity contribution in [3.8, 4) is 5.88 Å². The summed E-state index contributed by atoms with van der Waals surface area (Å²) in [6.45, 7) is 1.13. The standard InChI is InChI=1S/C19H23N5O2/c1-20-19(21-12-14-7-6-10-17(22-14)26-2)23-15-11-18(25)24(13-15)16-8-4-3-5-9-16/h3-10,15H,11-13H2,1-2H3,(H2,20,21,23). The van der Waals surface area contributed by atoms with Crippen molar-refractivity contribution in [2.75, 3.05) is 25.6 Å². The highest BCUT2D eigenvalue weighted by atomic mass is 16.5. The Hall–Kier alpha value is -3.09. The van der Waals surface area contributed by atoms with Gasteiger partial charge in [0.2, 0.25) is 11.8 Å². The Bertz CT molecular complexity index is 779. The van der Waals surface area contributed by atoms with E-state index >= 15 is 0 Å². The number of rotatable bonds is 5. The number of pyridine rings is 1. The zero-order valence-corrected chi connectivity index (χ0v) is 15.0. The van der Waals surface area contributed by atoms with Gasteiger partial charge in [0.25, 0.3) is 0 Å². The van der Waals surface area contributed by atoms with Crippen LogP contribution in [0.2, 0.25) is 0 Å². The minimum Gasteiger partial charge on any atom is -0.481 e. The molecule has 1 atom stereocenters. The Morgan fingerprint density at radius 3 is 2.81 bits per heavy atom. The normalized spacial score (nSPS) is 17.3. The number of ether oxygens (including phenoxy) is 1. The van der Waals surface area contributed by atoms with Crippen LogP contribution in [0.4, 0.5) is 5.69 Å². The lowest BCUT2D eigenvalue weighted by Gasteiger charge is -2.19. The predicted molar refractivity (Wildman–Crippen MR) is 101 cm³/mol. The predicted octanol–water partition coefficient (Wildman–Crippen LogP) is 1.56. The molecular weight excluding hydrogens is 330 g/mol. The lowest BCUT2D eigenvalue weighted by atomic mass is 10.2. The van der Waals surface area contributed by atoms with Gasteiger partial charge >= 0.3 is 0 Å². The average Bonchev–Trinajstić information content (AvgIpc) is 3.06. The number of aromatic nitrogens is 1. The summed E-state index contributed by atoms with van der Waals surface area (Å²) in [5, 5.41) is 6.54. The van der Waals surface area contributed by atoms with Crippen LogP contribution in [0.25, 0.3) is 0 Å². The monoisotopic (exact) mass is 353 g/mol. The van der Waals surface area contributed by atoms with Crippen molar-refractivity contribution < 1.29 is 9.53 Å². The molecule has 1 aromatic carbocycles. The molecule has 1 unspecified atom stereocenters. The van der Waals surface area contributed by atoms with Crippen LogP contribution in [-0.4, -0.2) is 43.6 Å². The van der Waals surface area contributed by atoms with Gasteiger partial charge in [-0.15, -0.1) is 0 Å². The summed E-state index contributed by atoms with van der Waals surface area (Å²) in [7, 11) is 3.30. The second-order valence-electron chi connectivity index (χ2n) is 5.98. The van der Waals surface area contributed by atoms with Gasteiger partial charge in [-0.1, -0.05) is 24.3 Å². The van der Waals surface area contributed by atoms with Gasteiger partial charge in [0.1, 0.15) is 0 Å². The summed E-state index contributed by atoms with van der Waals surface area (Å²) < 4.78 is 5.13. The van der Waals surface area contributed by atoms with E-state index in [1.165, 1.54) is 0 Å². The van der Waals surface area contributed by atoms with Crippen molar-refractivity contribution in [1.29, 1.82) is 0 Å². The maximum Gasteiger partial charge on any atom is 0.229 e. The second-order valence-corrected chi connectivity index (χ2v) is 5.98. The molecule has 26 heavy (non-hydrogen) atoms. The molecule has 3 rings (SSSR count). The van der Waals surface area contributed by atoms with Crippen LogP contribution in [0.3, 0.4) is 0 Å². The Kier molecular flexibility index (Phi) is 5.68. The largest absolute Gasteiger partial charge is 0.481 e. The lowest BCUT2D eigenvalue weighted by molar-refractivity contribution is -0.117. The molecule has 0 radical (unpaired) electrons. The van der Waals surface area contributed by atoms with Crippen molar-refractivity contribution in [3.05, 3.63) is 54.2 Å². The van der Waals surface area contributed by atoms with Crippen molar-refractivity contribution in [2.24, 2.45) is 4.99 Å². The third kappa shape index (κ3) is 4.30. The van der Waals surface area contributed by atoms with E-state index in [-0.39, 0.29) is 11.9 Å². The van der Waals surface area contributed by atoms with Crippen LogP contribution in [0.15, 0.2) is 53.5 Å². The number of aliphatic imine (C=N–C) groups is 1. The highest BCUT2D eigenvalue weighted by Crippen LogP contribution is 2.20. The molecule has 7 nitrogen and oxygen atoms in total. The Labute approximate surface area is 153 Å². The van der Waals surface area contributed by atoms with E-state index < -0.39 is 0 Å². The summed E-state index contributed by atoms with van der Waals surface area (Å²) in [5.41, 5.74) is 1.77. The van der Waals surface area contributed by atoms with Gasteiger partial charge in [-0.3, -0.25) is 9.79 Å². The van der Waals surface area contributed by atoms with Gasteiger partial charge in [-0.2, -0.15) is 0 Å². The van der Waals surface area contributed by atoms with Gasteiger partial charge in [0.15, 0.2) is 5.96 Å². The van der Waals surface area contributed by atoms with E-state index in [4.69, 9.17) is 4.74 Å². The first-order chi connectivity index (χ1) is 12.7. The molecule has 1 aliphatic heterocycles. The summed E-state index contributed by atoms with van der Waals surface area (Å²) in [5.74, 6) is 1.33. The summed E-state index contributed by atoms with van der Waals surface area (Å²) in [6.07, 6.45) is 0.438. The average molecular weight is 353 g/mol. The number of guanidine groups is 1. The topological polar surface area (TPSA) is 78.9 Å². The molecule has 0 spiro atoms. The summed E-state index contributed by atoms with van der Waals surface area (Å²) in [6, 6.07) is 15.3. The molecule has 1 fully saturated rings. The first-order valence-corrected chi connectivity index (χ1v) is 8.52. The van der Waals surface area contributed by atoms with E-state index in [0.717, 1.165) is 11.4 Å². The highest BCUT2D eigenvalue weighted by Gasteiger charge is 2.30. The third-order valence-electron chi connectivity index (χ3n) is 4.18. The van der Waals surface area contributed by atoms with Crippen molar-refractivity contribution >= 4 is 17.6 Å². The Balaban J connectivity index is 1.56. The van der Waals surface area contributed by atoms with Crippen LogP contribution in [0, 0.1) is 0 Å². The highest BCUT2D eigenvalue weighted by molar-refractivity contribution is 5.97. The molecule has 1 saturated heterocycles. The van der Waals surface area contributed by atoms with E-state index in [0.29, 0.717) is 31.3 Å². The molecule has 136 valence electrons. The maximum absolute atomic E-state index is 12.3. The number of carbonyl (C=O) groups excluding carboxylic acids is 1. The van der Waals surface area contributed by atoms with E-state index in [1.54, 1.807) is 25.1 Å². The number of hydrogen-bond acceptors (Lipinski definition) is 4. The third-order valence-corrected chi connectivity index (χ3v) is 4.18. The maximum atomic E-state index is 12.3. The van der Waals surface area contributed by atoms with Crippen molar-refractivity contribution in [1.82, 2.24) is 15.6 Å². The molecule has 7 heteroatoms. The number of para-hydroxylation sites is 1. The number of benzene rings is 1. The van der Waals surface area contributed by atoms with E-state index in [1.807, 2.05) is 42.5 Å². The number of hydrogen-bond donors (Lipinski definition) is 2. The molecule has 1 aromatic heterocycles. The van der Waals surface area contributed by atoms with Gasteiger partial charge in [-0.25, -0.2) is 4.98 Å². The number of carbonyl (C=O) groups is 1. The van der Waals surface area contributed by atoms with Gasteiger partial charge in [-0.05, 0) is 18.2 Å². The number of nitrogens with one attached hydrogen (secondary N) is 2. The number of anilines is 1. The molecule has 1 amide bonds. The minimum absolute atomic E-state index is 0.00664. The molecule has 1 aliphatic rings. The quantitative estimate of drug-likeness (QED) is 0.630. The van der Waals surface area contributed by atoms with Gasteiger partial charge in [0, 0.05) is 31.8 Å². The molecule has 0 aliphatic carbocycles.